The zero-order valence-corrected chi connectivity index (χ0v) is 12.1. The second kappa shape index (κ2) is 7.92. The molecular weight excluding hydrogens is 208 g/mol. The van der Waals surface area contributed by atoms with Gasteiger partial charge < -0.3 is 4.74 Å². The molecule has 0 unspecified atom stereocenters. The molecule has 0 aromatic carbocycles. The van der Waals surface area contributed by atoms with Gasteiger partial charge in [0, 0.05) is 0 Å². The third-order valence-corrected chi connectivity index (χ3v) is 3.56. The van der Waals surface area contributed by atoms with Gasteiger partial charge in [0.2, 0.25) is 0 Å². The molecule has 1 heteroatoms. The predicted octanol–water partition coefficient (Wildman–Crippen LogP) is 5.25. The van der Waals surface area contributed by atoms with Crippen LogP contribution < -0.4 is 0 Å². The number of rotatable bonds is 7. The van der Waals surface area contributed by atoms with Crippen LogP contribution in [0.4, 0.5) is 0 Å². The smallest absolute Gasteiger partial charge is 0.0663 e. The normalized spacial score (nSPS) is 21.9. The Hall–Kier alpha value is -0.300. The Kier molecular flexibility index (Phi) is 6.87. The van der Waals surface area contributed by atoms with E-state index in [4.69, 9.17) is 4.74 Å². The van der Waals surface area contributed by atoms with Crippen molar-refractivity contribution in [2.45, 2.75) is 84.2 Å². The quantitative estimate of drug-likeness (QED) is 0.434. The monoisotopic (exact) mass is 238 g/mol. The zero-order chi connectivity index (χ0) is 12.6. The van der Waals surface area contributed by atoms with Gasteiger partial charge in [0.25, 0.3) is 0 Å². The Morgan fingerprint density at radius 3 is 2.53 bits per heavy atom. The van der Waals surface area contributed by atoms with Gasteiger partial charge in [0.15, 0.2) is 0 Å². The predicted molar refractivity (Wildman–Crippen MR) is 75.3 cm³/mol. The molecule has 17 heavy (non-hydrogen) atoms. The maximum atomic E-state index is 5.73. The van der Waals surface area contributed by atoms with E-state index in [2.05, 4.69) is 26.8 Å². The summed E-state index contributed by atoms with van der Waals surface area (Å²) in [5.74, 6) is 0. The van der Waals surface area contributed by atoms with Gasteiger partial charge in [0.1, 0.15) is 0 Å². The molecule has 1 saturated heterocycles. The maximum absolute atomic E-state index is 5.73. The van der Waals surface area contributed by atoms with E-state index in [1.165, 1.54) is 44.9 Å². The van der Waals surface area contributed by atoms with Crippen LogP contribution in [0.5, 0.6) is 0 Å². The van der Waals surface area contributed by atoms with Crippen molar-refractivity contribution in [2.24, 2.45) is 0 Å². The molecule has 0 spiro atoms. The molecule has 1 rings (SSSR count). The molecule has 1 fully saturated rings. The third kappa shape index (κ3) is 6.88. The van der Waals surface area contributed by atoms with Crippen molar-refractivity contribution in [2.75, 3.05) is 6.61 Å². The van der Waals surface area contributed by atoms with Crippen LogP contribution in [0.1, 0.15) is 78.6 Å². The average molecular weight is 238 g/mol. The van der Waals surface area contributed by atoms with Crippen molar-refractivity contribution in [1.82, 2.24) is 0 Å². The zero-order valence-electron chi connectivity index (χ0n) is 12.1. The molecule has 0 radical (unpaired) electrons. The van der Waals surface area contributed by atoms with Gasteiger partial charge in [-0.2, -0.15) is 0 Å². The van der Waals surface area contributed by atoms with E-state index >= 15 is 0 Å². The first kappa shape index (κ1) is 14.8. The molecule has 1 aliphatic heterocycles. The summed E-state index contributed by atoms with van der Waals surface area (Å²) >= 11 is 0. The Bertz CT molecular complexity index is 228. The summed E-state index contributed by atoms with van der Waals surface area (Å²) in [4.78, 5) is 0. The fraction of sp³-hybridized carbons (Fsp3) is 0.875. The molecule has 1 nitrogen and oxygen atoms in total. The molecule has 0 aliphatic carbocycles. The summed E-state index contributed by atoms with van der Waals surface area (Å²) < 4.78 is 5.73. The van der Waals surface area contributed by atoms with Crippen LogP contribution >= 0.6 is 0 Å². The third-order valence-electron chi connectivity index (χ3n) is 3.56. The summed E-state index contributed by atoms with van der Waals surface area (Å²) in [6.07, 6.45) is 14.4. The van der Waals surface area contributed by atoms with Gasteiger partial charge in [-0.1, -0.05) is 50.7 Å². The second-order valence-corrected chi connectivity index (χ2v) is 5.95. The van der Waals surface area contributed by atoms with E-state index in [-0.39, 0.29) is 5.60 Å². The number of ether oxygens (including phenoxy) is 1. The van der Waals surface area contributed by atoms with E-state index in [0.717, 1.165) is 19.4 Å². The van der Waals surface area contributed by atoms with Gasteiger partial charge in [-0.3, -0.25) is 0 Å². The lowest BCUT2D eigenvalue weighted by Crippen LogP contribution is -2.30. The molecule has 1 aliphatic rings. The first-order valence-corrected chi connectivity index (χ1v) is 7.46. The van der Waals surface area contributed by atoms with Crippen LogP contribution in [0.2, 0.25) is 0 Å². The number of hydrogen-bond donors (Lipinski definition) is 0. The van der Waals surface area contributed by atoms with Crippen LogP contribution in [-0.2, 0) is 4.74 Å². The van der Waals surface area contributed by atoms with Crippen molar-refractivity contribution < 1.29 is 4.74 Å². The number of hydrogen-bond acceptors (Lipinski definition) is 1. The first-order valence-electron chi connectivity index (χ1n) is 7.46. The summed E-state index contributed by atoms with van der Waals surface area (Å²) in [5.41, 5.74) is 1.69. The SMILES string of the molecule is CCCCCCCC/C=C1/CCOC(C)(C)C1. The molecule has 1 heterocycles. The molecule has 0 amide bonds. The largest absolute Gasteiger partial charge is 0.375 e. The lowest BCUT2D eigenvalue weighted by atomic mass is 9.92. The number of allylic oxidation sites excluding steroid dienone is 1. The van der Waals surface area contributed by atoms with Gasteiger partial charge in [0.05, 0.1) is 12.2 Å². The summed E-state index contributed by atoms with van der Waals surface area (Å²) in [6.45, 7) is 7.59. The van der Waals surface area contributed by atoms with Crippen LogP contribution in [0.25, 0.3) is 0 Å². The van der Waals surface area contributed by atoms with E-state index in [9.17, 15) is 0 Å². The van der Waals surface area contributed by atoms with Gasteiger partial charge in [-0.15, -0.1) is 0 Å². The van der Waals surface area contributed by atoms with Gasteiger partial charge >= 0.3 is 0 Å². The highest BCUT2D eigenvalue weighted by Crippen LogP contribution is 2.28. The van der Waals surface area contributed by atoms with Crippen molar-refractivity contribution >= 4 is 0 Å². The van der Waals surface area contributed by atoms with Crippen molar-refractivity contribution in [3.05, 3.63) is 11.6 Å². The van der Waals surface area contributed by atoms with E-state index in [0.29, 0.717) is 0 Å². The maximum Gasteiger partial charge on any atom is 0.0663 e. The highest BCUT2D eigenvalue weighted by atomic mass is 16.5. The van der Waals surface area contributed by atoms with E-state index in [1.54, 1.807) is 5.57 Å². The van der Waals surface area contributed by atoms with E-state index in [1.807, 2.05) is 0 Å². The molecule has 0 bridgehead atoms. The van der Waals surface area contributed by atoms with Crippen LogP contribution in [0, 0.1) is 0 Å². The first-order chi connectivity index (χ1) is 8.14. The van der Waals surface area contributed by atoms with E-state index < -0.39 is 0 Å². The molecule has 0 aromatic heterocycles. The summed E-state index contributed by atoms with van der Waals surface area (Å²) in [6, 6.07) is 0. The minimum absolute atomic E-state index is 0.0746. The Labute approximate surface area is 108 Å². The highest BCUT2D eigenvalue weighted by Gasteiger charge is 2.24. The van der Waals surface area contributed by atoms with Crippen molar-refractivity contribution in [3.63, 3.8) is 0 Å². The minimum Gasteiger partial charge on any atom is -0.375 e. The Morgan fingerprint density at radius 2 is 1.82 bits per heavy atom. The van der Waals surface area contributed by atoms with Gasteiger partial charge in [-0.05, 0) is 39.5 Å². The van der Waals surface area contributed by atoms with Crippen molar-refractivity contribution in [3.8, 4) is 0 Å². The lowest BCUT2D eigenvalue weighted by molar-refractivity contribution is -0.0333. The fourth-order valence-electron chi connectivity index (χ4n) is 2.55. The minimum atomic E-state index is 0.0746. The fourth-order valence-corrected chi connectivity index (χ4v) is 2.55. The standard InChI is InChI=1S/C16H30O/c1-4-5-6-7-8-9-10-11-15-12-13-17-16(2,3)14-15/h11H,4-10,12-14H2,1-3H3/b15-11-. The molecule has 0 saturated carbocycles. The lowest BCUT2D eigenvalue weighted by Gasteiger charge is -2.31. The molecule has 100 valence electrons. The Morgan fingerprint density at radius 1 is 1.12 bits per heavy atom. The second-order valence-electron chi connectivity index (χ2n) is 5.95. The average Bonchev–Trinajstić information content (AvgIpc) is 2.27. The Balaban J connectivity index is 2.08. The highest BCUT2D eigenvalue weighted by molar-refractivity contribution is 5.08. The molecular formula is C16H30O. The topological polar surface area (TPSA) is 9.23 Å². The number of unbranched alkanes of at least 4 members (excludes halogenated alkanes) is 6. The van der Waals surface area contributed by atoms with Crippen LogP contribution in [0.3, 0.4) is 0 Å². The molecule has 0 N–H and O–H groups in total. The van der Waals surface area contributed by atoms with Gasteiger partial charge in [-0.25, -0.2) is 0 Å². The summed E-state index contributed by atoms with van der Waals surface area (Å²) in [7, 11) is 0. The summed E-state index contributed by atoms with van der Waals surface area (Å²) in [5, 5.41) is 0. The van der Waals surface area contributed by atoms with Crippen LogP contribution in [-0.4, -0.2) is 12.2 Å². The molecule has 0 aromatic rings. The van der Waals surface area contributed by atoms with Crippen LogP contribution in [0.15, 0.2) is 11.6 Å². The van der Waals surface area contributed by atoms with Crippen molar-refractivity contribution in [1.29, 1.82) is 0 Å². The molecule has 0 atom stereocenters.